The summed E-state index contributed by atoms with van der Waals surface area (Å²) < 4.78 is 19.5. The number of halogens is 1. The Bertz CT molecular complexity index is 727. The lowest BCUT2D eigenvalue weighted by molar-refractivity contribution is -0.146. The van der Waals surface area contributed by atoms with E-state index in [9.17, 15) is 18.8 Å². The molecule has 8 heteroatoms. The van der Waals surface area contributed by atoms with E-state index in [1.807, 2.05) is 0 Å². The minimum atomic E-state index is -1.08. The van der Waals surface area contributed by atoms with Crippen molar-refractivity contribution < 1.29 is 28.6 Å². The zero-order valence-electron chi connectivity index (χ0n) is 15.7. The molecule has 2 atom stereocenters. The molecular weight excluding hydrogens is 367 g/mol. The number of carboxylic acid groups (broad SMARTS) is 1. The molecule has 2 heterocycles. The molecule has 0 spiro atoms. The van der Waals surface area contributed by atoms with Gasteiger partial charge in [0, 0.05) is 45.1 Å². The summed E-state index contributed by atoms with van der Waals surface area (Å²) in [6, 6.07) is 5.95. The third kappa shape index (κ3) is 4.86. The molecule has 1 aromatic carbocycles. The fourth-order valence-electron chi connectivity index (χ4n) is 3.80. The largest absolute Gasteiger partial charge is 0.481 e. The smallest absolute Gasteiger partial charge is 0.303 e. The standard InChI is InChI=1S/C20H25FN2O5/c21-16-5-2-1-4-15(16)14(13-19(25)26)12-18(24)22-7-9-23(10-8-22)20(27)17-6-3-11-28-17/h1-2,4-5,14,17H,3,6-13H2,(H,25,26). The second-order valence-corrected chi connectivity index (χ2v) is 7.23. The van der Waals surface area contributed by atoms with Crippen molar-refractivity contribution in [2.24, 2.45) is 0 Å². The quantitative estimate of drug-likeness (QED) is 0.795. The van der Waals surface area contributed by atoms with E-state index in [4.69, 9.17) is 9.84 Å². The monoisotopic (exact) mass is 392 g/mol. The van der Waals surface area contributed by atoms with Crippen molar-refractivity contribution in [1.29, 1.82) is 0 Å². The lowest BCUT2D eigenvalue weighted by atomic mass is 9.91. The Morgan fingerprint density at radius 3 is 2.39 bits per heavy atom. The average Bonchev–Trinajstić information content (AvgIpc) is 3.22. The van der Waals surface area contributed by atoms with Gasteiger partial charge in [-0.2, -0.15) is 0 Å². The van der Waals surface area contributed by atoms with Crippen LogP contribution in [-0.2, 0) is 19.1 Å². The summed E-state index contributed by atoms with van der Waals surface area (Å²) in [5, 5.41) is 9.16. The Morgan fingerprint density at radius 1 is 1.11 bits per heavy atom. The van der Waals surface area contributed by atoms with E-state index in [0.717, 1.165) is 12.8 Å². The zero-order valence-corrected chi connectivity index (χ0v) is 15.7. The van der Waals surface area contributed by atoms with Crippen LogP contribution in [0.3, 0.4) is 0 Å². The number of carboxylic acids is 1. The maximum absolute atomic E-state index is 14.1. The Morgan fingerprint density at radius 2 is 1.79 bits per heavy atom. The lowest BCUT2D eigenvalue weighted by Gasteiger charge is -2.36. The maximum Gasteiger partial charge on any atom is 0.303 e. The SMILES string of the molecule is O=C(O)CC(CC(=O)N1CCN(C(=O)C2CCCO2)CC1)c1ccccc1F. The van der Waals surface area contributed by atoms with E-state index in [0.29, 0.717) is 32.8 Å². The molecule has 1 N–H and O–H groups in total. The van der Waals surface area contributed by atoms with Gasteiger partial charge in [-0.25, -0.2) is 4.39 Å². The van der Waals surface area contributed by atoms with E-state index in [1.54, 1.807) is 15.9 Å². The first-order valence-electron chi connectivity index (χ1n) is 9.60. The molecular formula is C20H25FN2O5. The molecule has 152 valence electrons. The fourth-order valence-corrected chi connectivity index (χ4v) is 3.80. The van der Waals surface area contributed by atoms with Crippen molar-refractivity contribution >= 4 is 17.8 Å². The van der Waals surface area contributed by atoms with E-state index in [1.165, 1.54) is 18.2 Å². The Labute approximate surface area is 163 Å². The molecule has 0 aliphatic carbocycles. The van der Waals surface area contributed by atoms with Gasteiger partial charge in [0.1, 0.15) is 11.9 Å². The molecule has 28 heavy (non-hydrogen) atoms. The highest BCUT2D eigenvalue weighted by atomic mass is 19.1. The normalized spacial score (nSPS) is 20.8. The molecule has 2 unspecified atom stereocenters. The summed E-state index contributed by atoms with van der Waals surface area (Å²) in [5.74, 6) is -2.56. The molecule has 2 fully saturated rings. The molecule has 0 saturated carbocycles. The zero-order chi connectivity index (χ0) is 20.1. The van der Waals surface area contributed by atoms with E-state index in [2.05, 4.69) is 0 Å². The van der Waals surface area contributed by atoms with Gasteiger partial charge in [-0.15, -0.1) is 0 Å². The molecule has 0 aromatic heterocycles. The van der Waals surface area contributed by atoms with Crippen LogP contribution in [0.15, 0.2) is 24.3 Å². The van der Waals surface area contributed by atoms with Gasteiger partial charge >= 0.3 is 5.97 Å². The number of ether oxygens (including phenoxy) is 1. The van der Waals surface area contributed by atoms with E-state index >= 15 is 0 Å². The summed E-state index contributed by atoms with van der Waals surface area (Å²) in [5.41, 5.74) is 0.241. The van der Waals surface area contributed by atoms with Gasteiger partial charge in [-0.3, -0.25) is 14.4 Å². The minimum absolute atomic E-state index is 0.0280. The van der Waals surface area contributed by atoms with Crippen LogP contribution in [0.4, 0.5) is 4.39 Å². The van der Waals surface area contributed by atoms with Crippen LogP contribution in [0.25, 0.3) is 0 Å². The maximum atomic E-state index is 14.1. The predicted octanol–water partition coefficient (Wildman–Crippen LogP) is 1.62. The molecule has 0 radical (unpaired) electrons. The number of hydrogen-bond acceptors (Lipinski definition) is 4. The van der Waals surface area contributed by atoms with E-state index < -0.39 is 17.7 Å². The second-order valence-electron chi connectivity index (χ2n) is 7.23. The third-order valence-electron chi connectivity index (χ3n) is 5.34. The number of nitrogens with zero attached hydrogens (tertiary/aromatic N) is 2. The minimum Gasteiger partial charge on any atom is -0.481 e. The molecule has 2 saturated heterocycles. The van der Waals surface area contributed by atoms with E-state index in [-0.39, 0.29) is 36.3 Å². The molecule has 0 bridgehead atoms. The second kappa shape index (κ2) is 9.14. The van der Waals surface area contributed by atoms with Crippen molar-refractivity contribution in [3.05, 3.63) is 35.6 Å². The van der Waals surface area contributed by atoms with Crippen LogP contribution in [0.1, 0.15) is 37.2 Å². The van der Waals surface area contributed by atoms with Crippen molar-refractivity contribution in [2.45, 2.75) is 37.7 Å². The van der Waals surface area contributed by atoms with Gasteiger partial charge in [-0.05, 0) is 24.5 Å². The number of aliphatic carboxylic acids is 1. The number of rotatable bonds is 6. The highest BCUT2D eigenvalue weighted by Gasteiger charge is 2.32. The van der Waals surface area contributed by atoms with Gasteiger partial charge in [0.2, 0.25) is 5.91 Å². The summed E-state index contributed by atoms with van der Waals surface area (Å²) in [7, 11) is 0. The highest BCUT2D eigenvalue weighted by molar-refractivity contribution is 5.82. The highest BCUT2D eigenvalue weighted by Crippen LogP contribution is 2.27. The van der Waals surface area contributed by atoms with Crippen molar-refractivity contribution in [3.63, 3.8) is 0 Å². The summed E-state index contributed by atoms with van der Waals surface area (Å²) in [6.45, 7) is 2.22. The van der Waals surface area contributed by atoms with Crippen LogP contribution in [0.2, 0.25) is 0 Å². The van der Waals surface area contributed by atoms with Crippen LogP contribution < -0.4 is 0 Å². The first kappa shape index (κ1) is 20.3. The molecule has 2 aliphatic rings. The van der Waals surface area contributed by atoms with Crippen LogP contribution in [0, 0.1) is 5.82 Å². The Balaban J connectivity index is 1.58. The topological polar surface area (TPSA) is 87.2 Å². The van der Waals surface area contributed by atoms with Crippen LogP contribution in [-0.4, -0.2) is 71.6 Å². The Hall–Kier alpha value is -2.48. The molecule has 7 nitrogen and oxygen atoms in total. The summed E-state index contributed by atoms with van der Waals surface area (Å²) in [4.78, 5) is 39.6. The van der Waals surface area contributed by atoms with Crippen molar-refractivity contribution in [3.8, 4) is 0 Å². The van der Waals surface area contributed by atoms with Gasteiger partial charge in [0.05, 0.1) is 6.42 Å². The Kier molecular flexibility index (Phi) is 6.61. The number of benzene rings is 1. The van der Waals surface area contributed by atoms with Gasteiger partial charge in [0.25, 0.3) is 5.91 Å². The lowest BCUT2D eigenvalue weighted by Crippen LogP contribution is -2.53. The number of amides is 2. The van der Waals surface area contributed by atoms with Crippen LogP contribution in [0.5, 0.6) is 0 Å². The fraction of sp³-hybridized carbons (Fsp3) is 0.550. The first-order valence-corrected chi connectivity index (χ1v) is 9.60. The van der Waals surface area contributed by atoms with Gasteiger partial charge in [0.15, 0.2) is 0 Å². The number of carbonyl (C=O) groups excluding carboxylic acids is 2. The number of piperazine rings is 1. The summed E-state index contributed by atoms with van der Waals surface area (Å²) >= 11 is 0. The molecule has 2 aliphatic heterocycles. The molecule has 2 amide bonds. The average molecular weight is 392 g/mol. The third-order valence-corrected chi connectivity index (χ3v) is 5.34. The molecule has 3 rings (SSSR count). The number of hydrogen-bond donors (Lipinski definition) is 1. The summed E-state index contributed by atoms with van der Waals surface area (Å²) in [6.07, 6.45) is 0.855. The van der Waals surface area contributed by atoms with Gasteiger partial charge < -0.3 is 19.6 Å². The first-order chi connectivity index (χ1) is 13.5. The van der Waals surface area contributed by atoms with Crippen molar-refractivity contribution in [1.82, 2.24) is 9.80 Å². The number of carbonyl (C=O) groups is 3. The van der Waals surface area contributed by atoms with Crippen molar-refractivity contribution in [2.75, 3.05) is 32.8 Å². The predicted molar refractivity (Wildman–Crippen MR) is 98.1 cm³/mol. The molecule has 1 aromatic rings. The van der Waals surface area contributed by atoms with Gasteiger partial charge in [-0.1, -0.05) is 18.2 Å². The van der Waals surface area contributed by atoms with Crippen LogP contribution >= 0.6 is 0 Å².